The quantitative estimate of drug-likeness (QED) is 0.851. The Bertz CT molecular complexity index is 459. The van der Waals surface area contributed by atoms with Gasteiger partial charge in [-0.2, -0.15) is 0 Å². The lowest BCUT2D eigenvalue weighted by Crippen LogP contribution is -2.40. The lowest BCUT2D eigenvalue weighted by Gasteiger charge is -2.05. The monoisotopic (exact) mass is 268 g/mol. The fourth-order valence-electron chi connectivity index (χ4n) is 1.09. The molecule has 0 aliphatic carbocycles. The van der Waals surface area contributed by atoms with Gasteiger partial charge in [-0.1, -0.05) is 11.8 Å². The number of hydrogen-bond acceptors (Lipinski definition) is 5. The maximum absolute atomic E-state index is 11.6. The summed E-state index contributed by atoms with van der Waals surface area (Å²) in [7, 11) is 1.51. The molecular weight excluding hydrogens is 256 g/mol. The Kier molecular flexibility index (Phi) is 5.19. The van der Waals surface area contributed by atoms with Gasteiger partial charge in [0.25, 0.3) is 11.1 Å². The predicted octanol–water partition coefficient (Wildman–Crippen LogP) is 1.62. The maximum atomic E-state index is 11.6. The van der Waals surface area contributed by atoms with Gasteiger partial charge in [0.1, 0.15) is 5.75 Å². The molecule has 0 bridgehead atoms. The largest absolute Gasteiger partial charge is 0.497 e. The molecule has 1 aromatic rings. The van der Waals surface area contributed by atoms with Crippen LogP contribution < -0.4 is 15.4 Å². The Morgan fingerprint density at radius 2 is 1.72 bits per heavy atom. The number of thioether (sulfide) groups is 1. The summed E-state index contributed by atoms with van der Waals surface area (Å²) >= 11 is 0.842. The number of hydrogen-bond donors (Lipinski definition) is 2. The minimum Gasteiger partial charge on any atom is -0.497 e. The van der Waals surface area contributed by atoms with Gasteiger partial charge >= 0.3 is 6.03 Å². The highest BCUT2D eigenvalue weighted by Gasteiger charge is 2.12. The highest BCUT2D eigenvalue weighted by atomic mass is 32.2. The van der Waals surface area contributed by atoms with Gasteiger partial charge in [-0.25, -0.2) is 4.79 Å². The molecule has 0 heterocycles. The van der Waals surface area contributed by atoms with E-state index in [0.29, 0.717) is 11.3 Å². The van der Waals surface area contributed by atoms with E-state index in [2.05, 4.69) is 0 Å². The summed E-state index contributed by atoms with van der Waals surface area (Å²) in [5.41, 5.74) is 0.294. The van der Waals surface area contributed by atoms with Crippen molar-refractivity contribution in [2.24, 2.45) is 0 Å². The van der Waals surface area contributed by atoms with Crippen molar-refractivity contribution < 1.29 is 19.1 Å². The number of carbonyl (C=O) groups is 3. The van der Waals surface area contributed by atoms with E-state index < -0.39 is 17.2 Å². The summed E-state index contributed by atoms with van der Waals surface area (Å²) in [6.45, 7) is 0. The normalized spacial score (nSPS) is 9.44. The number of imide groups is 2. The van der Waals surface area contributed by atoms with Crippen LogP contribution in [0.2, 0.25) is 0 Å². The molecule has 0 radical (unpaired) electrons. The first-order valence-electron chi connectivity index (χ1n) is 4.91. The van der Waals surface area contributed by atoms with Crippen molar-refractivity contribution in [1.82, 2.24) is 10.6 Å². The molecule has 4 amide bonds. The van der Waals surface area contributed by atoms with Gasteiger partial charge in [-0.15, -0.1) is 0 Å². The van der Waals surface area contributed by atoms with Crippen molar-refractivity contribution in [2.75, 3.05) is 13.4 Å². The number of ether oxygens (including phenoxy) is 1. The molecule has 0 fully saturated rings. The van der Waals surface area contributed by atoms with Crippen LogP contribution in [-0.2, 0) is 0 Å². The third kappa shape index (κ3) is 4.10. The van der Waals surface area contributed by atoms with Crippen LogP contribution in [0.25, 0.3) is 0 Å². The number of carbonyl (C=O) groups excluding carboxylic acids is 3. The van der Waals surface area contributed by atoms with Gasteiger partial charge in [0.05, 0.1) is 7.11 Å². The molecule has 1 aromatic carbocycles. The second kappa shape index (κ2) is 6.65. The smallest absolute Gasteiger partial charge is 0.329 e. The standard InChI is InChI=1S/C11H12N2O4S/c1-17-8-5-3-7(4-6-8)9(14)12-10(15)13-11(16)18-2/h3-6H,1-2H3,(H2,12,13,14,15,16). The minimum absolute atomic E-state index is 0.294. The van der Waals surface area contributed by atoms with E-state index >= 15 is 0 Å². The fraction of sp³-hybridized carbons (Fsp3) is 0.182. The van der Waals surface area contributed by atoms with Crippen LogP contribution in [0, 0.1) is 0 Å². The fourth-order valence-corrected chi connectivity index (χ4v) is 1.29. The third-order valence-electron chi connectivity index (χ3n) is 1.98. The molecule has 0 saturated heterocycles. The molecule has 2 N–H and O–H groups in total. The van der Waals surface area contributed by atoms with Gasteiger partial charge in [0.2, 0.25) is 0 Å². The van der Waals surface area contributed by atoms with Crippen LogP contribution in [0.4, 0.5) is 9.59 Å². The summed E-state index contributed by atoms with van der Waals surface area (Å²) < 4.78 is 4.94. The summed E-state index contributed by atoms with van der Waals surface area (Å²) in [6, 6.07) is 5.37. The second-order valence-electron chi connectivity index (χ2n) is 3.13. The molecule has 0 aliphatic rings. The lowest BCUT2D eigenvalue weighted by atomic mass is 10.2. The van der Waals surface area contributed by atoms with Gasteiger partial charge in [0, 0.05) is 5.56 Å². The molecule has 0 saturated carbocycles. The van der Waals surface area contributed by atoms with Crippen molar-refractivity contribution in [3.05, 3.63) is 29.8 Å². The Morgan fingerprint density at radius 1 is 1.11 bits per heavy atom. The van der Waals surface area contributed by atoms with E-state index in [-0.39, 0.29) is 0 Å². The van der Waals surface area contributed by atoms with E-state index in [1.807, 2.05) is 10.6 Å². The number of methoxy groups -OCH3 is 1. The summed E-state index contributed by atoms with van der Waals surface area (Å²) in [4.78, 5) is 33.7. The van der Waals surface area contributed by atoms with E-state index in [1.54, 1.807) is 12.1 Å². The molecule has 6 nitrogen and oxygen atoms in total. The SMILES string of the molecule is COc1ccc(C(=O)NC(=O)NC(=O)SC)cc1. The third-order valence-corrected chi connectivity index (χ3v) is 2.45. The number of nitrogens with one attached hydrogen (secondary N) is 2. The van der Waals surface area contributed by atoms with Crippen LogP contribution in [0.5, 0.6) is 5.75 Å². The van der Waals surface area contributed by atoms with Crippen LogP contribution in [0.1, 0.15) is 10.4 Å². The number of benzene rings is 1. The molecule has 1 rings (SSSR count). The average molecular weight is 268 g/mol. The first-order chi connectivity index (χ1) is 8.56. The Labute approximate surface area is 108 Å². The molecule has 7 heteroatoms. The van der Waals surface area contributed by atoms with E-state index in [4.69, 9.17) is 4.74 Å². The van der Waals surface area contributed by atoms with Crippen LogP contribution in [0.3, 0.4) is 0 Å². The highest BCUT2D eigenvalue weighted by molar-refractivity contribution is 8.13. The number of urea groups is 1. The first kappa shape index (κ1) is 14.0. The summed E-state index contributed by atoms with van der Waals surface area (Å²) in [6.07, 6.45) is 1.52. The first-order valence-corrected chi connectivity index (χ1v) is 6.13. The van der Waals surface area contributed by atoms with Crippen LogP contribution >= 0.6 is 11.8 Å². The zero-order valence-electron chi connectivity index (χ0n) is 9.85. The van der Waals surface area contributed by atoms with E-state index in [1.165, 1.54) is 25.5 Å². The minimum atomic E-state index is -0.852. The number of amides is 4. The molecule has 0 spiro atoms. The van der Waals surface area contributed by atoms with Gasteiger partial charge in [-0.05, 0) is 30.5 Å². The average Bonchev–Trinajstić information content (AvgIpc) is 2.38. The topological polar surface area (TPSA) is 84.5 Å². The Balaban J connectivity index is 2.59. The molecule has 0 atom stereocenters. The summed E-state index contributed by atoms with van der Waals surface area (Å²) in [5, 5.41) is 3.48. The zero-order valence-corrected chi connectivity index (χ0v) is 10.7. The molecule has 0 aliphatic heterocycles. The number of rotatable bonds is 2. The predicted molar refractivity (Wildman–Crippen MR) is 67.9 cm³/mol. The molecule has 18 heavy (non-hydrogen) atoms. The van der Waals surface area contributed by atoms with Crippen molar-refractivity contribution in [3.8, 4) is 5.75 Å². The molecule has 0 unspecified atom stereocenters. The van der Waals surface area contributed by atoms with Crippen molar-refractivity contribution >= 4 is 28.9 Å². The Hall–Kier alpha value is -2.02. The highest BCUT2D eigenvalue weighted by Crippen LogP contribution is 2.10. The second-order valence-corrected chi connectivity index (χ2v) is 3.91. The van der Waals surface area contributed by atoms with Gasteiger partial charge in [0.15, 0.2) is 0 Å². The summed E-state index contributed by atoms with van der Waals surface area (Å²) in [5.74, 6) is 0.0117. The van der Waals surface area contributed by atoms with Crippen molar-refractivity contribution in [3.63, 3.8) is 0 Å². The zero-order chi connectivity index (χ0) is 13.5. The van der Waals surface area contributed by atoms with Crippen LogP contribution in [0.15, 0.2) is 24.3 Å². The Morgan fingerprint density at radius 3 is 2.22 bits per heavy atom. The van der Waals surface area contributed by atoms with Crippen molar-refractivity contribution in [1.29, 1.82) is 0 Å². The molecule has 0 aromatic heterocycles. The van der Waals surface area contributed by atoms with Crippen LogP contribution in [-0.4, -0.2) is 30.5 Å². The van der Waals surface area contributed by atoms with Gasteiger partial charge < -0.3 is 4.74 Å². The lowest BCUT2D eigenvalue weighted by molar-refractivity contribution is 0.0965. The van der Waals surface area contributed by atoms with Gasteiger partial charge in [-0.3, -0.25) is 20.2 Å². The van der Waals surface area contributed by atoms with E-state index in [9.17, 15) is 14.4 Å². The van der Waals surface area contributed by atoms with Crippen molar-refractivity contribution in [2.45, 2.75) is 0 Å². The molecular formula is C11H12N2O4S. The molecule has 96 valence electrons. The van der Waals surface area contributed by atoms with E-state index in [0.717, 1.165) is 11.8 Å². The maximum Gasteiger partial charge on any atom is 0.329 e.